The highest BCUT2D eigenvalue weighted by molar-refractivity contribution is 6.22. The summed E-state index contributed by atoms with van der Waals surface area (Å²) in [7, 11) is 0. The third-order valence-corrected chi connectivity index (χ3v) is 4.28. The minimum atomic E-state index is -0.265. The van der Waals surface area contributed by atoms with Crippen molar-refractivity contribution in [3.05, 3.63) is 70.0 Å². The molecule has 2 aromatic carbocycles. The molecule has 0 saturated carbocycles. The first-order chi connectivity index (χ1) is 9.71. The Kier molecular flexibility index (Phi) is 4.43. The van der Waals surface area contributed by atoms with E-state index >= 15 is 0 Å². The Balaban J connectivity index is 2.53. The van der Waals surface area contributed by atoms with Gasteiger partial charge in [-0.15, -0.1) is 11.6 Å². The molecule has 0 radical (unpaired) electrons. The molecule has 0 aliphatic heterocycles. The molecule has 1 atom stereocenters. The van der Waals surface area contributed by atoms with Crippen molar-refractivity contribution < 1.29 is 4.39 Å². The maximum atomic E-state index is 13.8. The van der Waals surface area contributed by atoms with E-state index in [1.54, 1.807) is 13.8 Å². The SMILES string of the molecule is Cc1cc(C(Cl)c2ccccc2C(C)(C)C)cc(C)c1F. The molecule has 0 N–H and O–H groups in total. The van der Waals surface area contributed by atoms with Crippen LogP contribution in [0.2, 0.25) is 0 Å². The first-order valence-electron chi connectivity index (χ1n) is 7.22. The zero-order valence-electron chi connectivity index (χ0n) is 13.3. The lowest BCUT2D eigenvalue weighted by atomic mass is 9.82. The van der Waals surface area contributed by atoms with E-state index in [1.165, 1.54) is 5.56 Å². The lowest BCUT2D eigenvalue weighted by Crippen LogP contribution is -2.15. The van der Waals surface area contributed by atoms with Gasteiger partial charge in [-0.1, -0.05) is 57.2 Å². The van der Waals surface area contributed by atoms with Crippen molar-refractivity contribution in [3.8, 4) is 0 Å². The van der Waals surface area contributed by atoms with Crippen molar-refractivity contribution in [2.75, 3.05) is 0 Å². The van der Waals surface area contributed by atoms with Gasteiger partial charge in [0.1, 0.15) is 5.82 Å². The van der Waals surface area contributed by atoms with Crippen LogP contribution in [0.5, 0.6) is 0 Å². The van der Waals surface area contributed by atoms with Gasteiger partial charge in [-0.05, 0) is 47.1 Å². The van der Waals surface area contributed by atoms with E-state index in [4.69, 9.17) is 11.6 Å². The lowest BCUT2D eigenvalue weighted by molar-refractivity contribution is 0.583. The molecule has 0 fully saturated rings. The van der Waals surface area contributed by atoms with Crippen molar-refractivity contribution in [1.82, 2.24) is 0 Å². The molecule has 1 unspecified atom stereocenters. The second-order valence-corrected chi connectivity index (χ2v) is 7.10. The average Bonchev–Trinajstić information content (AvgIpc) is 2.42. The fourth-order valence-electron chi connectivity index (χ4n) is 2.71. The monoisotopic (exact) mass is 304 g/mol. The van der Waals surface area contributed by atoms with Gasteiger partial charge in [-0.3, -0.25) is 0 Å². The van der Waals surface area contributed by atoms with Gasteiger partial charge in [0.15, 0.2) is 0 Å². The van der Waals surface area contributed by atoms with Gasteiger partial charge >= 0.3 is 0 Å². The van der Waals surface area contributed by atoms with Crippen LogP contribution in [0.4, 0.5) is 4.39 Å². The van der Waals surface area contributed by atoms with Crippen molar-refractivity contribution in [1.29, 1.82) is 0 Å². The maximum absolute atomic E-state index is 13.8. The van der Waals surface area contributed by atoms with Crippen LogP contribution in [0.1, 0.15) is 54.0 Å². The first-order valence-corrected chi connectivity index (χ1v) is 7.65. The summed E-state index contributed by atoms with van der Waals surface area (Å²) in [6, 6.07) is 11.9. The molecular weight excluding hydrogens is 283 g/mol. The Labute approximate surface area is 132 Å². The Bertz CT molecular complexity index is 630. The number of hydrogen-bond donors (Lipinski definition) is 0. The maximum Gasteiger partial charge on any atom is 0.129 e. The number of benzene rings is 2. The summed E-state index contributed by atoms with van der Waals surface area (Å²) >= 11 is 6.72. The molecule has 0 spiro atoms. The first kappa shape index (κ1) is 16.0. The van der Waals surface area contributed by atoms with Gasteiger partial charge in [-0.2, -0.15) is 0 Å². The van der Waals surface area contributed by atoms with Gasteiger partial charge in [0.05, 0.1) is 5.38 Å². The molecule has 2 aromatic rings. The van der Waals surface area contributed by atoms with Crippen molar-refractivity contribution in [2.45, 2.75) is 45.4 Å². The molecule has 0 nitrogen and oxygen atoms in total. The highest BCUT2D eigenvalue weighted by Crippen LogP contribution is 2.37. The van der Waals surface area contributed by atoms with Gasteiger partial charge in [-0.25, -0.2) is 4.39 Å². The van der Waals surface area contributed by atoms with Gasteiger partial charge in [0, 0.05) is 0 Å². The largest absolute Gasteiger partial charge is 0.206 e. The molecular formula is C19H22ClF. The third-order valence-electron chi connectivity index (χ3n) is 3.79. The highest BCUT2D eigenvalue weighted by Gasteiger charge is 2.23. The van der Waals surface area contributed by atoms with Gasteiger partial charge < -0.3 is 0 Å². The van der Waals surface area contributed by atoms with Gasteiger partial charge in [0.2, 0.25) is 0 Å². The minimum Gasteiger partial charge on any atom is -0.206 e. The molecule has 21 heavy (non-hydrogen) atoms. The third kappa shape index (κ3) is 3.29. The Morgan fingerprint density at radius 1 is 1.00 bits per heavy atom. The topological polar surface area (TPSA) is 0 Å². The highest BCUT2D eigenvalue weighted by atomic mass is 35.5. The average molecular weight is 305 g/mol. The summed E-state index contributed by atoms with van der Waals surface area (Å²) in [5, 5.41) is -0.265. The summed E-state index contributed by atoms with van der Waals surface area (Å²) in [6.45, 7) is 10.1. The van der Waals surface area contributed by atoms with Crippen LogP contribution in [0.25, 0.3) is 0 Å². The molecule has 0 heterocycles. The van der Waals surface area contributed by atoms with Gasteiger partial charge in [0.25, 0.3) is 0 Å². The molecule has 2 heteroatoms. The predicted octanol–water partition coefficient (Wildman–Crippen LogP) is 6.07. The number of rotatable bonds is 2. The van der Waals surface area contributed by atoms with Crippen molar-refractivity contribution >= 4 is 11.6 Å². The fraction of sp³-hybridized carbons (Fsp3) is 0.368. The second-order valence-electron chi connectivity index (χ2n) is 6.67. The lowest BCUT2D eigenvalue weighted by Gasteiger charge is -2.25. The summed E-state index contributed by atoms with van der Waals surface area (Å²) in [4.78, 5) is 0. The Morgan fingerprint density at radius 3 is 2.05 bits per heavy atom. The second kappa shape index (κ2) is 5.81. The number of halogens is 2. The van der Waals surface area contributed by atoms with Crippen molar-refractivity contribution in [3.63, 3.8) is 0 Å². The molecule has 112 valence electrons. The van der Waals surface area contributed by atoms with E-state index in [0.717, 1.165) is 11.1 Å². The van der Waals surface area contributed by atoms with Crippen LogP contribution < -0.4 is 0 Å². The van der Waals surface area contributed by atoms with E-state index in [2.05, 4.69) is 32.9 Å². The molecule has 0 saturated heterocycles. The molecule has 0 bridgehead atoms. The van der Waals surface area contributed by atoms with Crippen LogP contribution in [0, 0.1) is 19.7 Å². The molecule has 2 rings (SSSR count). The standard InChI is InChI=1S/C19H22ClF/c1-12-10-14(11-13(2)18(12)21)17(20)15-8-6-7-9-16(15)19(3,4)5/h6-11,17H,1-5H3. The van der Waals surface area contributed by atoms with Crippen molar-refractivity contribution in [2.24, 2.45) is 0 Å². The summed E-state index contributed by atoms with van der Waals surface area (Å²) in [5.74, 6) is -0.147. The van der Waals surface area contributed by atoms with Crippen LogP contribution in [-0.4, -0.2) is 0 Å². The zero-order valence-corrected chi connectivity index (χ0v) is 14.1. The van der Waals surface area contributed by atoms with E-state index in [0.29, 0.717) is 11.1 Å². The number of hydrogen-bond acceptors (Lipinski definition) is 0. The summed E-state index contributed by atoms with van der Waals surface area (Å²) in [5.41, 5.74) is 4.58. The van der Waals surface area contributed by atoms with E-state index < -0.39 is 0 Å². The fourth-order valence-corrected chi connectivity index (χ4v) is 3.02. The quantitative estimate of drug-likeness (QED) is 0.591. The van der Waals surface area contributed by atoms with E-state index in [1.807, 2.05) is 24.3 Å². The Morgan fingerprint density at radius 2 is 1.52 bits per heavy atom. The molecule has 0 aliphatic rings. The number of aryl methyl sites for hydroxylation is 2. The smallest absolute Gasteiger partial charge is 0.129 e. The van der Waals surface area contributed by atoms with Crippen LogP contribution in [0.15, 0.2) is 36.4 Å². The van der Waals surface area contributed by atoms with Crippen LogP contribution in [-0.2, 0) is 5.41 Å². The van der Waals surface area contributed by atoms with Crippen LogP contribution >= 0.6 is 11.6 Å². The summed E-state index contributed by atoms with van der Waals surface area (Å²) < 4.78 is 13.8. The van der Waals surface area contributed by atoms with E-state index in [9.17, 15) is 4.39 Å². The summed E-state index contributed by atoms with van der Waals surface area (Å²) in [6.07, 6.45) is 0. The molecule has 0 aromatic heterocycles. The molecule has 0 aliphatic carbocycles. The number of alkyl halides is 1. The zero-order chi connectivity index (χ0) is 15.8. The van der Waals surface area contributed by atoms with Crippen LogP contribution in [0.3, 0.4) is 0 Å². The van der Waals surface area contributed by atoms with E-state index in [-0.39, 0.29) is 16.6 Å². The normalized spacial score (nSPS) is 13.3. The molecule has 0 amide bonds. The predicted molar refractivity (Wildman–Crippen MR) is 88.7 cm³/mol. The Hall–Kier alpha value is -1.34. The minimum absolute atomic E-state index is 0.0217.